The first-order valence-electron chi connectivity index (χ1n) is 8.41. The van der Waals surface area contributed by atoms with E-state index >= 15 is 0 Å². The minimum absolute atomic E-state index is 0.0148. The van der Waals surface area contributed by atoms with Gasteiger partial charge in [0.15, 0.2) is 0 Å². The molecule has 0 aliphatic heterocycles. The molecule has 0 atom stereocenters. The Morgan fingerprint density at radius 3 is 2.54 bits per heavy atom. The van der Waals surface area contributed by atoms with Crippen LogP contribution in [0.15, 0.2) is 75.9 Å². The molecule has 4 heteroatoms. The lowest BCUT2D eigenvalue weighted by Gasteiger charge is -2.07. The fourth-order valence-electron chi connectivity index (χ4n) is 3.01. The van der Waals surface area contributed by atoms with E-state index < -0.39 is 11.5 Å². The molecule has 4 aromatic rings. The SMILES string of the molecule is Cc1ccc(CNC(=O)c2cc3c(ccc4ccccc43)oc2=O)cc1. The lowest BCUT2D eigenvalue weighted by atomic mass is 10.0. The molecule has 0 aliphatic carbocycles. The molecule has 0 saturated heterocycles. The second kappa shape index (κ2) is 6.48. The lowest BCUT2D eigenvalue weighted by Crippen LogP contribution is -2.27. The first-order chi connectivity index (χ1) is 12.6. The Hall–Kier alpha value is -3.40. The highest BCUT2D eigenvalue weighted by Gasteiger charge is 2.14. The van der Waals surface area contributed by atoms with Gasteiger partial charge in [0, 0.05) is 11.9 Å². The maximum Gasteiger partial charge on any atom is 0.349 e. The van der Waals surface area contributed by atoms with Crippen LogP contribution < -0.4 is 10.9 Å². The maximum atomic E-state index is 12.5. The van der Waals surface area contributed by atoms with Crippen molar-refractivity contribution >= 4 is 27.6 Å². The van der Waals surface area contributed by atoms with Gasteiger partial charge in [0.1, 0.15) is 11.1 Å². The summed E-state index contributed by atoms with van der Waals surface area (Å²) in [7, 11) is 0. The Labute approximate surface area is 150 Å². The van der Waals surface area contributed by atoms with Crippen LogP contribution in [0.3, 0.4) is 0 Å². The molecule has 128 valence electrons. The van der Waals surface area contributed by atoms with E-state index in [0.717, 1.165) is 27.3 Å². The van der Waals surface area contributed by atoms with Gasteiger partial charge < -0.3 is 9.73 Å². The van der Waals surface area contributed by atoms with Gasteiger partial charge in [-0.05, 0) is 35.4 Å². The molecule has 1 heterocycles. The topological polar surface area (TPSA) is 59.3 Å². The first kappa shape index (κ1) is 16.1. The van der Waals surface area contributed by atoms with Crippen molar-refractivity contribution in [3.8, 4) is 0 Å². The molecule has 0 bridgehead atoms. The fourth-order valence-corrected chi connectivity index (χ4v) is 3.01. The average Bonchev–Trinajstić information content (AvgIpc) is 2.66. The summed E-state index contributed by atoms with van der Waals surface area (Å²) in [6.07, 6.45) is 0. The van der Waals surface area contributed by atoms with E-state index in [4.69, 9.17) is 4.42 Å². The van der Waals surface area contributed by atoms with Crippen LogP contribution in [0.1, 0.15) is 21.5 Å². The van der Waals surface area contributed by atoms with Gasteiger partial charge in [-0.3, -0.25) is 4.79 Å². The zero-order valence-corrected chi connectivity index (χ0v) is 14.3. The lowest BCUT2D eigenvalue weighted by molar-refractivity contribution is 0.0947. The standard InChI is InChI=1S/C22H17NO3/c1-14-6-8-15(9-7-14)13-23-21(24)19-12-18-17-5-3-2-4-16(17)10-11-20(18)26-22(19)25/h2-12H,13H2,1H3,(H,23,24). The molecule has 0 aliphatic rings. The average molecular weight is 343 g/mol. The van der Waals surface area contributed by atoms with E-state index in [-0.39, 0.29) is 5.56 Å². The van der Waals surface area contributed by atoms with E-state index in [0.29, 0.717) is 12.1 Å². The number of hydrogen-bond donors (Lipinski definition) is 1. The van der Waals surface area contributed by atoms with Crippen LogP contribution in [0.2, 0.25) is 0 Å². The normalized spacial score (nSPS) is 11.0. The van der Waals surface area contributed by atoms with E-state index in [9.17, 15) is 9.59 Å². The van der Waals surface area contributed by atoms with Crippen molar-refractivity contribution in [1.29, 1.82) is 0 Å². The van der Waals surface area contributed by atoms with Gasteiger partial charge in [-0.25, -0.2) is 4.79 Å². The van der Waals surface area contributed by atoms with Gasteiger partial charge in [-0.2, -0.15) is 0 Å². The summed E-state index contributed by atoms with van der Waals surface area (Å²) in [4.78, 5) is 24.8. The molecule has 0 fully saturated rings. The van der Waals surface area contributed by atoms with Crippen LogP contribution in [0.25, 0.3) is 21.7 Å². The summed E-state index contributed by atoms with van der Waals surface area (Å²) in [6.45, 7) is 2.36. The number of aryl methyl sites for hydroxylation is 1. The number of amides is 1. The number of nitrogens with one attached hydrogen (secondary N) is 1. The Kier molecular flexibility index (Phi) is 4.01. The van der Waals surface area contributed by atoms with Gasteiger partial charge in [-0.15, -0.1) is 0 Å². The summed E-state index contributed by atoms with van der Waals surface area (Å²) < 4.78 is 5.37. The predicted molar refractivity (Wildman–Crippen MR) is 102 cm³/mol. The van der Waals surface area contributed by atoms with E-state index in [2.05, 4.69) is 5.32 Å². The van der Waals surface area contributed by atoms with Crippen LogP contribution in [0.4, 0.5) is 0 Å². The van der Waals surface area contributed by atoms with Gasteiger partial charge in [0.2, 0.25) is 0 Å². The fraction of sp³-hybridized carbons (Fsp3) is 0.0909. The van der Waals surface area contributed by atoms with Crippen LogP contribution in [0, 0.1) is 6.92 Å². The zero-order chi connectivity index (χ0) is 18.1. The van der Waals surface area contributed by atoms with Crippen molar-refractivity contribution in [3.05, 3.63) is 93.8 Å². The molecule has 26 heavy (non-hydrogen) atoms. The molecule has 0 radical (unpaired) electrons. The molecule has 0 saturated carbocycles. The molecule has 1 aromatic heterocycles. The number of benzene rings is 3. The van der Waals surface area contributed by atoms with Crippen molar-refractivity contribution in [3.63, 3.8) is 0 Å². The van der Waals surface area contributed by atoms with Crippen LogP contribution in [-0.4, -0.2) is 5.91 Å². The molecule has 1 amide bonds. The smallest absolute Gasteiger partial charge is 0.349 e. The van der Waals surface area contributed by atoms with Crippen molar-refractivity contribution in [2.45, 2.75) is 13.5 Å². The third kappa shape index (κ3) is 2.97. The monoisotopic (exact) mass is 343 g/mol. The molecular weight excluding hydrogens is 326 g/mol. The molecule has 1 N–H and O–H groups in total. The highest BCUT2D eigenvalue weighted by Crippen LogP contribution is 2.24. The van der Waals surface area contributed by atoms with Crippen molar-refractivity contribution < 1.29 is 9.21 Å². The summed E-state index contributed by atoms with van der Waals surface area (Å²) >= 11 is 0. The van der Waals surface area contributed by atoms with Gasteiger partial charge in [0.05, 0.1) is 0 Å². The summed E-state index contributed by atoms with van der Waals surface area (Å²) in [6, 6.07) is 20.9. The minimum Gasteiger partial charge on any atom is -0.422 e. The predicted octanol–water partition coefficient (Wildman–Crippen LogP) is 4.18. The number of carbonyl (C=O) groups is 1. The van der Waals surface area contributed by atoms with Crippen molar-refractivity contribution in [2.75, 3.05) is 0 Å². The highest BCUT2D eigenvalue weighted by molar-refractivity contribution is 6.07. The van der Waals surface area contributed by atoms with Gasteiger partial charge >= 0.3 is 5.63 Å². The quantitative estimate of drug-likeness (QED) is 0.448. The largest absolute Gasteiger partial charge is 0.422 e. The summed E-state index contributed by atoms with van der Waals surface area (Å²) in [5, 5.41) is 5.52. The Morgan fingerprint density at radius 2 is 1.73 bits per heavy atom. The molecule has 0 unspecified atom stereocenters. The minimum atomic E-state index is -0.630. The summed E-state index contributed by atoms with van der Waals surface area (Å²) in [5.41, 5.74) is 1.99. The third-order valence-corrected chi connectivity index (χ3v) is 4.46. The molecular formula is C22H17NO3. The van der Waals surface area contributed by atoms with Gasteiger partial charge in [0.25, 0.3) is 5.91 Å². The van der Waals surface area contributed by atoms with Crippen LogP contribution in [-0.2, 0) is 6.54 Å². The maximum absolute atomic E-state index is 12.5. The molecule has 4 nitrogen and oxygen atoms in total. The number of carbonyl (C=O) groups excluding carboxylic acids is 1. The Bertz CT molecular complexity index is 1170. The Morgan fingerprint density at radius 1 is 0.962 bits per heavy atom. The van der Waals surface area contributed by atoms with Crippen LogP contribution >= 0.6 is 0 Å². The molecule has 0 spiro atoms. The van der Waals surface area contributed by atoms with Crippen LogP contribution in [0.5, 0.6) is 0 Å². The van der Waals surface area contributed by atoms with E-state index in [1.807, 2.05) is 61.5 Å². The van der Waals surface area contributed by atoms with Gasteiger partial charge in [-0.1, -0.05) is 60.2 Å². The van der Waals surface area contributed by atoms with E-state index in [1.165, 1.54) is 0 Å². The number of rotatable bonds is 3. The second-order valence-electron chi connectivity index (χ2n) is 6.31. The molecule has 4 rings (SSSR count). The van der Waals surface area contributed by atoms with Crippen molar-refractivity contribution in [1.82, 2.24) is 5.32 Å². The number of fused-ring (bicyclic) bond motifs is 3. The Balaban J connectivity index is 1.69. The van der Waals surface area contributed by atoms with E-state index in [1.54, 1.807) is 12.1 Å². The highest BCUT2D eigenvalue weighted by atomic mass is 16.4. The van der Waals surface area contributed by atoms with Crippen molar-refractivity contribution in [2.24, 2.45) is 0 Å². The number of hydrogen-bond acceptors (Lipinski definition) is 3. The second-order valence-corrected chi connectivity index (χ2v) is 6.31. The zero-order valence-electron chi connectivity index (χ0n) is 14.3. The molecule has 3 aromatic carbocycles. The third-order valence-electron chi connectivity index (χ3n) is 4.46. The first-order valence-corrected chi connectivity index (χ1v) is 8.41. The summed E-state index contributed by atoms with van der Waals surface area (Å²) in [5.74, 6) is -0.436.